The number of nitriles is 4. The highest BCUT2D eigenvalue weighted by molar-refractivity contribution is 6.07. The summed E-state index contributed by atoms with van der Waals surface area (Å²) in [6.07, 6.45) is 6.64. The number of hydrogen-bond acceptors (Lipinski definition) is 6. The largest absolute Gasteiger partial charge is 0.265 e. The van der Waals surface area contributed by atoms with Gasteiger partial charge in [-0.05, 0) is 81.9 Å². The summed E-state index contributed by atoms with van der Waals surface area (Å²) in [6, 6.07) is 23.0. The van der Waals surface area contributed by atoms with Crippen molar-refractivity contribution >= 4 is 5.57 Å². The molecule has 0 amide bonds. The normalized spacial score (nSPS) is 10.8. The minimum Gasteiger partial charge on any atom is -0.265 e. The summed E-state index contributed by atoms with van der Waals surface area (Å²) < 4.78 is 0. The third-order valence-electron chi connectivity index (χ3n) is 5.84. The highest BCUT2D eigenvalue weighted by Crippen LogP contribution is 2.49. The van der Waals surface area contributed by atoms with Crippen LogP contribution < -0.4 is 0 Å². The lowest BCUT2D eigenvalue weighted by Gasteiger charge is -2.10. The molecule has 0 N–H and O–H groups in total. The Labute approximate surface area is 195 Å². The fourth-order valence-corrected chi connectivity index (χ4v) is 4.34. The van der Waals surface area contributed by atoms with Crippen molar-refractivity contribution in [3.8, 4) is 57.7 Å². The number of allylic oxidation sites excluding steroid dienone is 1. The van der Waals surface area contributed by atoms with Crippen molar-refractivity contribution in [1.29, 1.82) is 21.0 Å². The highest BCUT2D eigenvalue weighted by Gasteiger charge is 2.30. The molecule has 1 aliphatic carbocycles. The molecule has 0 fully saturated rings. The molecule has 0 aliphatic heterocycles. The van der Waals surface area contributed by atoms with Gasteiger partial charge in [0.15, 0.2) is 0 Å². The first-order chi connectivity index (χ1) is 16.7. The van der Waals surface area contributed by atoms with Crippen LogP contribution in [0.15, 0.2) is 78.9 Å². The second-order valence-corrected chi connectivity index (χ2v) is 7.56. The Morgan fingerprint density at radius 1 is 0.529 bits per heavy atom. The third-order valence-corrected chi connectivity index (χ3v) is 5.84. The van der Waals surface area contributed by atoms with Gasteiger partial charge >= 0.3 is 0 Å². The monoisotopic (exact) mass is 432 g/mol. The van der Waals surface area contributed by atoms with Gasteiger partial charge < -0.3 is 0 Å². The number of benzene rings is 2. The van der Waals surface area contributed by atoms with Gasteiger partial charge in [-0.1, -0.05) is 0 Å². The van der Waals surface area contributed by atoms with Gasteiger partial charge in [0, 0.05) is 41.5 Å². The number of rotatable bonds is 2. The lowest BCUT2D eigenvalue weighted by molar-refractivity contribution is 1.33. The van der Waals surface area contributed by atoms with Crippen molar-refractivity contribution in [2.45, 2.75) is 0 Å². The zero-order valence-electron chi connectivity index (χ0n) is 17.6. The topological polar surface area (TPSA) is 121 Å². The van der Waals surface area contributed by atoms with E-state index in [-0.39, 0.29) is 5.57 Å². The van der Waals surface area contributed by atoms with Gasteiger partial charge in [-0.15, -0.1) is 0 Å². The van der Waals surface area contributed by atoms with Crippen LogP contribution in [-0.4, -0.2) is 9.97 Å². The lowest BCUT2D eigenvalue weighted by Crippen LogP contribution is -1.92. The van der Waals surface area contributed by atoms with Crippen LogP contribution >= 0.6 is 0 Å². The van der Waals surface area contributed by atoms with E-state index in [4.69, 9.17) is 0 Å². The molecule has 0 saturated heterocycles. The molecule has 0 unspecified atom stereocenters. The van der Waals surface area contributed by atoms with E-state index in [2.05, 4.69) is 22.1 Å². The first-order valence-corrected chi connectivity index (χ1v) is 10.2. The fraction of sp³-hybridized carbons (Fsp3) is 0. The highest BCUT2D eigenvalue weighted by atomic mass is 14.6. The lowest BCUT2D eigenvalue weighted by atomic mass is 9.92. The zero-order chi connectivity index (χ0) is 23.7. The molecule has 154 valence electrons. The Kier molecular flexibility index (Phi) is 4.89. The Morgan fingerprint density at radius 3 is 1.29 bits per heavy atom. The average molecular weight is 432 g/mol. The minimum atomic E-state index is -0.0684. The van der Waals surface area contributed by atoms with Gasteiger partial charge in [-0.25, -0.2) is 0 Å². The molecule has 34 heavy (non-hydrogen) atoms. The molecule has 2 heterocycles. The molecule has 0 bridgehead atoms. The molecule has 0 radical (unpaired) electrons. The number of hydrogen-bond donors (Lipinski definition) is 0. The van der Waals surface area contributed by atoms with Crippen LogP contribution in [-0.2, 0) is 0 Å². The molecule has 2 aromatic carbocycles. The summed E-state index contributed by atoms with van der Waals surface area (Å²) >= 11 is 0. The predicted molar refractivity (Wildman–Crippen MR) is 125 cm³/mol. The molecule has 0 saturated carbocycles. The summed E-state index contributed by atoms with van der Waals surface area (Å²) in [6.45, 7) is 0. The van der Waals surface area contributed by atoms with Crippen molar-refractivity contribution in [2.24, 2.45) is 0 Å². The van der Waals surface area contributed by atoms with Crippen LogP contribution in [0.1, 0.15) is 22.3 Å². The van der Waals surface area contributed by atoms with Crippen molar-refractivity contribution in [1.82, 2.24) is 9.97 Å². The second-order valence-electron chi connectivity index (χ2n) is 7.56. The quantitative estimate of drug-likeness (QED) is 0.345. The summed E-state index contributed by atoms with van der Waals surface area (Å²) in [5.74, 6) is 0. The maximum absolute atomic E-state index is 9.88. The third kappa shape index (κ3) is 3.09. The van der Waals surface area contributed by atoms with E-state index in [1.807, 2.05) is 48.5 Å². The molecule has 6 nitrogen and oxygen atoms in total. The van der Waals surface area contributed by atoms with Crippen molar-refractivity contribution in [3.63, 3.8) is 0 Å². The van der Waals surface area contributed by atoms with E-state index in [1.165, 1.54) is 0 Å². The molecular formula is C28H12N6. The van der Waals surface area contributed by atoms with Crippen LogP contribution in [0.2, 0.25) is 0 Å². The minimum absolute atomic E-state index is 0.0684. The van der Waals surface area contributed by atoms with E-state index in [9.17, 15) is 21.0 Å². The van der Waals surface area contributed by atoms with Crippen LogP contribution in [0.4, 0.5) is 0 Å². The number of nitrogens with zero attached hydrogens (tertiary/aromatic N) is 6. The SMILES string of the molecule is N#CC(C#N)=C1c2cc(C#N)c(-c3ccncc3)cc2-c2cc(-c3ccncc3)c(C#N)cc21. The van der Waals surface area contributed by atoms with E-state index in [1.54, 1.807) is 36.9 Å². The number of fused-ring (bicyclic) bond motifs is 3. The summed E-state index contributed by atoms with van der Waals surface area (Å²) in [5.41, 5.74) is 7.14. The van der Waals surface area contributed by atoms with Gasteiger partial charge in [-0.3, -0.25) is 9.97 Å². The molecule has 4 aromatic rings. The molecule has 0 spiro atoms. The van der Waals surface area contributed by atoms with Gasteiger partial charge in [0.1, 0.15) is 17.7 Å². The van der Waals surface area contributed by atoms with Crippen molar-refractivity contribution in [3.05, 3.63) is 101 Å². The van der Waals surface area contributed by atoms with Crippen molar-refractivity contribution < 1.29 is 0 Å². The number of pyridine rings is 2. The Balaban J connectivity index is 1.89. The smallest absolute Gasteiger partial charge is 0.138 e. The average Bonchev–Trinajstić information content (AvgIpc) is 3.21. The van der Waals surface area contributed by atoms with Gasteiger partial charge in [0.25, 0.3) is 0 Å². The van der Waals surface area contributed by atoms with Gasteiger partial charge in [-0.2, -0.15) is 21.0 Å². The van der Waals surface area contributed by atoms with Crippen LogP contribution in [0, 0.1) is 45.3 Å². The summed E-state index contributed by atoms with van der Waals surface area (Å²) in [5, 5.41) is 39.1. The molecule has 6 heteroatoms. The predicted octanol–water partition coefficient (Wildman–Crippen LogP) is 5.38. The van der Waals surface area contributed by atoms with E-state index in [0.717, 1.165) is 33.4 Å². The molecule has 0 atom stereocenters. The molecule has 1 aliphatic rings. The fourth-order valence-electron chi connectivity index (χ4n) is 4.34. The second kappa shape index (κ2) is 8.18. The van der Waals surface area contributed by atoms with E-state index in [0.29, 0.717) is 27.8 Å². The van der Waals surface area contributed by atoms with Crippen LogP contribution in [0.3, 0.4) is 0 Å². The standard InChI is InChI=1S/C28H12N6/c29-13-19-9-26-24(11-22(19)17-1-5-33-6-2-17)25-12-23(18-3-7-34-8-4-18)20(14-30)10-27(25)28(26)21(15-31)16-32/h1-12H. The first kappa shape index (κ1) is 20.3. The van der Waals surface area contributed by atoms with Crippen LogP contribution in [0.25, 0.3) is 39.0 Å². The maximum atomic E-state index is 9.88. The maximum Gasteiger partial charge on any atom is 0.138 e. The van der Waals surface area contributed by atoms with E-state index < -0.39 is 0 Å². The summed E-state index contributed by atoms with van der Waals surface area (Å²) in [4.78, 5) is 8.12. The first-order valence-electron chi connectivity index (χ1n) is 10.2. The number of aromatic nitrogens is 2. The Bertz CT molecular complexity index is 1550. The Hall–Kier alpha value is -5.56. The van der Waals surface area contributed by atoms with Crippen molar-refractivity contribution in [2.75, 3.05) is 0 Å². The summed E-state index contributed by atoms with van der Waals surface area (Å²) in [7, 11) is 0. The Morgan fingerprint density at radius 2 is 0.941 bits per heavy atom. The zero-order valence-corrected chi connectivity index (χ0v) is 17.6. The molecule has 2 aromatic heterocycles. The van der Waals surface area contributed by atoms with E-state index >= 15 is 0 Å². The van der Waals surface area contributed by atoms with Crippen LogP contribution in [0.5, 0.6) is 0 Å². The van der Waals surface area contributed by atoms with Gasteiger partial charge in [0.05, 0.1) is 23.3 Å². The molecule has 5 rings (SSSR count). The van der Waals surface area contributed by atoms with Gasteiger partial charge in [0.2, 0.25) is 0 Å². The molecular weight excluding hydrogens is 420 g/mol.